The Morgan fingerprint density at radius 2 is 1.87 bits per heavy atom. The monoisotopic (exact) mass is 405 g/mol. The molecule has 1 saturated heterocycles. The van der Waals surface area contributed by atoms with E-state index in [9.17, 15) is 4.79 Å². The first kappa shape index (κ1) is 19.2. The van der Waals surface area contributed by atoms with Crippen molar-refractivity contribution in [3.8, 4) is 0 Å². The molecule has 0 amide bonds. The summed E-state index contributed by atoms with van der Waals surface area (Å²) in [6, 6.07) is 7.80. The van der Waals surface area contributed by atoms with Gasteiger partial charge in [0.05, 0.1) is 23.7 Å². The number of ether oxygens (including phenoxy) is 1. The molecule has 1 aliphatic heterocycles. The molecule has 0 spiro atoms. The van der Waals surface area contributed by atoms with Gasteiger partial charge in [-0.1, -0.05) is 26.0 Å². The molecule has 0 saturated carbocycles. The van der Waals surface area contributed by atoms with Crippen LogP contribution in [-0.2, 0) is 17.8 Å². The lowest BCUT2D eigenvalue weighted by atomic mass is 10.1. The van der Waals surface area contributed by atoms with Crippen LogP contribution in [0.1, 0.15) is 38.9 Å². The molecule has 7 heteroatoms. The summed E-state index contributed by atoms with van der Waals surface area (Å²) in [6.45, 7) is 8.35. The Hall–Kier alpha value is -2.80. The van der Waals surface area contributed by atoms with Crippen LogP contribution in [0.5, 0.6) is 0 Å². The molecule has 1 fully saturated rings. The Balaban J connectivity index is 1.79. The van der Waals surface area contributed by atoms with Crippen LogP contribution >= 0.6 is 0 Å². The van der Waals surface area contributed by atoms with Gasteiger partial charge in [-0.15, -0.1) is 0 Å². The molecule has 1 aromatic carbocycles. The highest BCUT2D eigenvalue weighted by molar-refractivity contribution is 6.04. The van der Waals surface area contributed by atoms with Crippen molar-refractivity contribution in [1.82, 2.24) is 24.1 Å². The van der Waals surface area contributed by atoms with Crippen LogP contribution in [0.25, 0.3) is 33.2 Å². The van der Waals surface area contributed by atoms with E-state index < -0.39 is 0 Å². The summed E-state index contributed by atoms with van der Waals surface area (Å²) in [5, 5.41) is 0.565. The van der Waals surface area contributed by atoms with Crippen LogP contribution in [-0.4, -0.2) is 36.8 Å². The Labute approximate surface area is 174 Å². The average Bonchev–Trinajstić information content (AvgIpc) is 3.33. The SMILES string of the molecule is Cc1nc2c(c(=O)n1CC1CCCO1)c1nc3ccccc3nc1n2CCC(C)C. The third-order valence-electron chi connectivity index (χ3n) is 5.98. The summed E-state index contributed by atoms with van der Waals surface area (Å²) in [5.74, 6) is 1.24. The number of hydrogen-bond acceptors (Lipinski definition) is 5. The normalized spacial score (nSPS) is 17.1. The molecule has 0 N–H and O–H groups in total. The quantitative estimate of drug-likeness (QED) is 0.504. The van der Waals surface area contributed by atoms with Gasteiger partial charge in [0.1, 0.15) is 16.7 Å². The maximum absolute atomic E-state index is 13.6. The lowest BCUT2D eigenvalue weighted by Crippen LogP contribution is -2.29. The maximum atomic E-state index is 13.6. The standard InChI is InChI=1S/C23H27N5O2/c1-14(2)10-11-27-21-19(20-22(27)26-18-9-5-4-8-17(18)25-20)23(29)28(15(3)24-21)13-16-7-6-12-30-16/h4-5,8-9,14,16H,6-7,10-13H2,1-3H3. The topological polar surface area (TPSA) is 74.8 Å². The largest absolute Gasteiger partial charge is 0.376 e. The van der Waals surface area contributed by atoms with Gasteiger partial charge in [0, 0.05) is 13.2 Å². The van der Waals surface area contributed by atoms with Gasteiger partial charge in [0.15, 0.2) is 11.3 Å². The molecule has 4 aromatic rings. The number of benzene rings is 1. The van der Waals surface area contributed by atoms with Gasteiger partial charge in [0.25, 0.3) is 5.56 Å². The smallest absolute Gasteiger partial charge is 0.265 e. The molecule has 0 bridgehead atoms. The van der Waals surface area contributed by atoms with Gasteiger partial charge in [-0.05, 0) is 44.2 Å². The zero-order valence-corrected chi connectivity index (χ0v) is 17.8. The molecule has 156 valence electrons. The number of aryl methyl sites for hydroxylation is 2. The van der Waals surface area contributed by atoms with Crippen molar-refractivity contribution in [2.75, 3.05) is 6.61 Å². The molecule has 1 atom stereocenters. The lowest BCUT2D eigenvalue weighted by Gasteiger charge is -2.14. The van der Waals surface area contributed by atoms with Crippen LogP contribution in [0.15, 0.2) is 29.1 Å². The van der Waals surface area contributed by atoms with E-state index in [0.29, 0.717) is 34.8 Å². The van der Waals surface area contributed by atoms with Crippen molar-refractivity contribution < 1.29 is 4.74 Å². The second-order valence-corrected chi connectivity index (χ2v) is 8.63. The predicted molar refractivity (Wildman–Crippen MR) is 118 cm³/mol. The highest BCUT2D eigenvalue weighted by Gasteiger charge is 2.23. The van der Waals surface area contributed by atoms with E-state index in [2.05, 4.69) is 18.4 Å². The third-order valence-corrected chi connectivity index (χ3v) is 5.98. The number of hydrogen-bond donors (Lipinski definition) is 0. The minimum atomic E-state index is -0.0501. The van der Waals surface area contributed by atoms with E-state index >= 15 is 0 Å². The lowest BCUT2D eigenvalue weighted by molar-refractivity contribution is 0.0955. The van der Waals surface area contributed by atoms with Gasteiger partial charge in [-0.2, -0.15) is 0 Å². The van der Waals surface area contributed by atoms with E-state index in [4.69, 9.17) is 19.7 Å². The summed E-state index contributed by atoms with van der Waals surface area (Å²) in [4.78, 5) is 28.2. The number of nitrogens with zero attached hydrogens (tertiary/aromatic N) is 5. The van der Waals surface area contributed by atoms with Gasteiger partial charge >= 0.3 is 0 Å². The molecule has 3 aromatic heterocycles. The predicted octanol–water partition coefficient (Wildman–Crippen LogP) is 3.83. The van der Waals surface area contributed by atoms with Crippen molar-refractivity contribution in [3.05, 3.63) is 40.4 Å². The Morgan fingerprint density at radius 1 is 1.10 bits per heavy atom. The first-order valence-electron chi connectivity index (χ1n) is 10.8. The number of para-hydroxylation sites is 2. The fourth-order valence-electron chi connectivity index (χ4n) is 4.30. The van der Waals surface area contributed by atoms with Crippen molar-refractivity contribution in [2.45, 2.75) is 59.2 Å². The fraction of sp³-hybridized carbons (Fsp3) is 0.478. The summed E-state index contributed by atoms with van der Waals surface area (Å²) in [6.07, 6.45) is 3.07. The van der Waals surface area contributed by atoms with Crippen LogP contribution in [0.4, 0.5) is 0 Å². The van der Waals surface area contributed by atoms with Gasteiger partial charge in [-0.25, -0.2) is 15.0 Å². The zero-order chi connectivity index (χ0) is 20.8. The fourth-order valence-corrected chi connectivity index (χ4v) is 4.30. The molecule has 5 rings (SSSR count). The highest BCUT2D eigenvalue weighted by Crippen LogP contribution is 2.26. The number of fused-ring (bicyclic) bond motifs is 4. The van der Waals surface area contributed by atoms with Gasteiger partial charge < -0.3 is 9.30 Å². The van der Waals surface area contributed by atoms with Crippen LogP contribution in [0, 0.1) is 12.8 Å². The summed E-state index contributed by atoms with van der Waals surface area (Å²) in [5.41, 5.74) is 3.64. The van der Waals surface area contributed by atoms with E-state index in [1.165, 1.54) is 0 Å². The summed E-state index contributed by atoms with van der Waals surface area (Å²) >= 11 is 0. The van der Waals surface area contributed by atoms with Crippen molar-refractivity contribution in [3.63, 3.8) is 0 Å². The first-order valence-corrected chi connectivity index (χ1v) is 10.8. The van der Waals surface area contributed by atoms with E-state index in [1.807, 2.05) is 31.2 Å². The van der Waals surface area contributed by atoms with Crippen molar-refractivity contribution >= 4 is 33.2 Å². The van der Waals surface area contributed by atoms with Crippen molar-refractivity contribution in [2.24, 2.45) is 5.92 Å². The molecule has 0 aliphatic carbocycles. The third kappa shape index (κ3) is 3.17. The summed E-state index contributed by atoms with van der Waals surface area (Å²) in [7, 11) is 0. The van der Waals surface area contributed by atoms with Gasteiger partial charge in [-0.3, -0.25) is 9.36 Å². The Bertz CT molecular complexity index is 1300. The van der Waals surface area contributed by atoms with E-state index in [0.717, 1.165) is 49.1 Å². The molecule has 1 aliphatic rings. The van der Waals surface area contributed by atoms with Crippen molar-refractivity contribution in [1.29, 1.82) is 0 Å². The van der Waals surface area contributed by atoms with E-state index in [1.54, 1.807) is 4.57 Å². The minimum Gasteiger partial charge on any atom is -0.376 e. The first-order chi connectivity index (χ1) is 14.5. The molecule has 30 heavy (non-hydrogen) atoms. The number of rotatable bonds is 5. The Kier molecular flexibility index (Phi) is 4.77. The van der Waals surface area contributed by atoms with E-state index in [-0.39, 0.29) is 11.7 Å². The second-order valence-electron chi connectivity index (χ2n) is 8.63. The molecule has 0 radical (unpaired) electrons. The molecule has 1 unspecified atom stereocenters. The minimum absolute atomic E-state index is 0.0501. The number of aromatic nitrogens is 5. The highest BCUT2D eigenvalue weighted by atomic mass is 16.5. The van der Waals surface area contributed by atoms with Crippen LogP contribution in [0.2, 0.25) is 0 Å². The summed E-state index contributed by atoms with van der Waals surface area (Å²) < 4.78 is 9.60. The molecular formula is C23H27N5O2. The van der Waals surface area contributed by atoms with Gasteiger partial charge in [0.2, 0.25) is 0 Å². The van der Waals surface area contributed by atoms with Crippen LogP contribution < -0.4 is 5.56 Å². The van der Waals surface area contributed by atoms with Crippen LogP contribution in [0.3, 0.4) is 0 Å². The molecule has 4 heterocycles. The second kappa shape index (κ2) is 7.47. The average molecular weight is 406 g/mol. The zero-order valence-electron chi connectivity index (χ0n) is 17.8. The molecular weight excluding hydrogens is 378 g/mol. The maximum Gasteiger partial charge on any atom is 0.265 e. The Morgan fingerprint density at radius 3 is 2.57 bits per heavy atom. The molecule has 7 nitrogen and oxygen atoms in total.